The van der Waals surface area contributed by atoms with Gasteiger partial charge < -0.3 is 9.84 Å². The van der Waals surface area contributed by atoms with Gasteiger partial charge in [-0.2, -0.15) is 5.10 Å². The number of aromatic nitrogens is 2. The van der Waals surface area contributed by atoms with Crippen molar-refractivity contribution in [1.82, 2.24) is 9.78 Å². The summed E-state index contributed by atoms with van der Waals surface area (Å²) in [5.74, 6) is 0. The van der Waals surface area contributed by atoms with Gasteiger partial charge in [-0.1, -0.05) is 25.7 Å². The number of aryl methyl sites for hydroxylation is 1. The molecule has 18 heavy (non-hydrogen) atoms. The third kappa shape index (κ3) is 2.75. The maximum absolute atomic E-state index is 10.7. The van der Waals surface area contributed by atoms with E-state index in [1.54, 1.807) is 10.9 Å². The molecule has 1 aliphatic carbocycles. The third-order valence-corrected chi connectivity index (χ3v) is 3.92. The van der Waals surface area contributed by atoms with Crippen molar-refractivity contribution >= 4 is 0 Å². The molecule has 4 nitrogen and oxygen atoms in total. The van der Waals surface area contributed by atoms with E-state index in [4.69, 9.17) is 4.74 Å². The molecule has 1 saturated carbocycles. The summed E-state index contributed by atoms with van der Waals surface area (Å²) in [7, 11) is 1.87. The van der Waals surface area contributed by atoms with Crippen LogP contribution >= 0.6 is 0 Å². The van der Waals surface area contributed by atoms with Crippen molar-refractivity contribution in [1.29, 1.82) is 0 Å². The van der Waals surface area contributed by atoms with Crippen LogP contribution in [-0.4, -0.2) is 27.1 Å². The van der Waals surface area contributed by atoms with Crippen molar-refractivity contribution in [2.24, 2.45) is 7.05 Å². The van der Waals surface area contributed by atoms with Gasteiger partial charge in [0.25, 0.3) is 0 Å². The van der Waals surface area contributed by atoms with E-state index in [-0.39, 0.29) is 0 Å². The Kier molecular flexibility index (Phi) is 4.40. The van der Waals surface area contributed by atoms with Crippen molar-refractivity contribution in [2.45, 2.75) is 57.2 Å². The van der Waals surface area contributed by atoms with Crippen LogP contribution in [0.4, 0.5) is 0 Å². The standard InChI is InChI=1S/C14H24N2O2/c1-3-18-14(8-6-4-5-7-9-14)13(17)12-10-15-16(2)11-12/h10-11,13,17H,3-9H2,1-2H3. The Bertz CT molecular complexity index is 368. The molecular weight excluding hydrogens is 228 g/mol. The fourth-order valence-electron chi connectivity index (χ4n) is 3.00. The summed E-state index contributed by atoms with van der Waals surface area (Å²) >= 11 is 0. The lowest BCUT2D eigenvalue weighted by molar-refractivity contribution is -0.131. The van der Waals surface area contributed by atoms with E-state index in [1.165, 1.54) is 12.8 Å². The van der Waals surface area contributed by atoms with Gasteiger partial charge >= 0.3 is 0 Å². The van der Waals surface area contributed by atoms with Crippen LogP contribution < -0.4 is 0 Å². The number of hydrogen-bond donors (Lipinski definition) is 1. The Labute approximate surface area is 109 Å². The molecular formula is C14H24N2O2. The van der Waals surface area contributed by atoms with Gasteiger partial charge in [0.05, 0.1) is 11.8 Å². The summed E-state index contributed by atoms with van der Waals surface area (Å²) in [6.07, 6.45) is 9.71. The topological polar surface area (TPSA) is 47.3 Å². The van der Waals surface area contributed by atoms with Gasteiger partial charge in [0.15, 0.2) is 0 Å². The van der Waals surface area contributed by atoms with Gasteiger partial charge in [0, 0.05) is 25.4 Å². The Morgan fingerprint density at radius 1 is 1.39 bits per heavy atom. The van der Waals surface area contributed by atoms with Gasteiger partial charge in [-0.05, 0) is 19.8 Å². The van der Waals surface area contributed by atoms with E-state index in [1.807, 2.05) is 20.2 Å². The first-order chi connectivity index (χ1) is 8.68. The van der Waals surface area contributed by atoms with Crippen molar-refractivity contribution in [3.63, 3.8) is 0 Å². The molecule has 1 heterocycles. The molecule has 0 amide bonds. The maximum atomic E-state index is 10.7. The fourth-order valence-corrected chi connectivity index (χ4v) is 3.00. The third-order valence-electron chi connectivity index (χ3n) is 3.92. The molecule has 0 radical (unpaired) electrons. The molecule has 1 aromatic heterocycles. The van der Waals surface area contributed by atoms with Crippen LogP contribution in [0.25, 0.3) is 0 Å². The van der Waals surface area contributed by atoms with Crippen LogP contribution in [0.3, 0.4) is 0 Å². The SMILES string of the molecule is CCOC1(C(O)c2cnn(C)c2)CCCCCC1. The van der Waals surface area contributed by atoms with Crippen LogP contribution in [-0.2, 0) is 11.8 Å². The minimum absolute atomic E-state index is 0.408. The highest BCUT2D eigenvalue weighted by Gasteiger charge is 2.40. The monoisotopic (exact) mass is 252 g/mol. The van der Waals surface area contributed by atoms with Crippen molar-refractivity contribution in [3.8, 4) is 0 Å². The predicted octanol–water partition coefficient (Wildman–Crippen LogP) is 2.58. The zero-order valence-corrected chi connectivity index (χ0v) is 11.4. The molecule has 4 heteroatoms. The minimum Gasteiger partial charge on any atom is -0.385 e. The lowest BCUT2D eigenvalue weighted by Crippen LogP contribution is -2.39. The number of rotatable bonds is 4. The van der Waals surface area contributed by atoms with E-state index < -0.39 is 11.7 Å². The zero-order chi connectivity index (χ0) is 13.0. The quantitative estimate of drug-likeness (QED) is 0.838. The van der Waals surface area contributed by atoms with Crippen molar-refractivity contribution < 1.29 is 9.84 Å². The average molecular weight is 252 g/mol. The van der Waals surface area contributed by atoms with Crippen molar-refractivity contribution in [3.05, 3.63) is 18.0 Å². The number of aliphatic hydroxyl groups is 1. The van der Waals surface area contributed by atoms with Crippen LogP contribution in [0.1, 0.15) is 57.1 Å². The first-order valence-electron chi connectivity index (χ1n) is 6.98. The molecule has 0 aliphatic heterocycles. The molecule has 1 unspecified atom stereocenters. The highest BCUT2D eigenvalue weighted by atomic mass is 16.5. The van der Waals surface area contributed by atoms with Gasteiger partial charge in [0.2, 0.25) is 0 Å². The summed E-state index contributed by atoms with van der Waals surface area (Å²) < 4.78 is 7.72. The highest BCUT2D eigenvalue weighted by molar-refractivity contribution is 5.13. The van der Waals surface area contributed by atoms with Gasteiger partial charge in [-0.3, -0.25) is 4.68 Å². The van der Waals surface area contributed by atoms with E-state index in [2.05, 4.69) is 5.10 Å². The van der Waals surface area contributed by atoms with Gasteiger partial charge in [-0.25, -0.2) is 0 Å². The van der Waals surface area contributed by atoms with Crippen LogP contribution in [0, 0.1) is 0 Å². The molecule has 0 bridgehead atoms. The maximum Gasteiger partial charge on any atom is 0.111 e. The molecule has 2 rings (SSSR count). The first kappa shape index (κ1) is 13.6. The predicted molar refractivity (Wildman–Crippen MR) is 70.2 cm³/mol. The zero-order valence-electron chi connectivity index (χ0n) is 11.4. The Hall–Kier alpha value is -0.870. The first-order valence-corrected chi connectivity index (χ1v) is 6.98. The largest absolute Gasteiger partial charge is 0.385 e. The summed E-state index contributed by atoms with van der Waals surface area (Å²) in [6, 6.07) is 0. The van der Waals surface area contributed by atoms with E-state index >= 15 is 0 Å². The second-order valence-electron chi connectivity index (χ2n) is 5.26. The average Bonchev–Trinajstić information content (AvgIpc) is 2.64. The normalized spacial score (nSPS) is 21.5. The second kappa shape index (κ2) is 5.85. The summed E-state index contributed by atoms with van der Waals surface area (Å²) in [5.41, 5.74) is 0.460. The smallest absolute Gasteiger partial charge is 0.111 e. The van der Waals surface area contributed by atoms with E-state index in [9.17, 15) is 5.11 Å². The molecule has 102 valence electrons. The molecule has 0 saturated heterocycles. The summed E-state index contributed by atoms with van der Waals surface area (Å²) in [5, 5.41) is 14.8. The Balaban J connectivity index is 2.22. The molecule has 0 spiro atoms. The molecule has 0 aromatic carbocycles. The second-order valence-corrected chi connectivity index (χ2v) is 5.26. The Morgan fingerprint density at radius 3 is 2.56 bits per heavy atom. The summed E-state index contributed by atoms with van der Waals surface area (Å²) in [4.78, 5) is 0. The van der Waals surface area contributed by atoms with Gasteiger partial charge in [0.1, 0.15) is 6.10 Å². The number of ether oxygens (including phenoxy) is 1. The lowest BCUT2D eigenvalue weighted by atomic mass is 9.85. The lowest BCUT2D eigenvalue weighted by Gasteiger charge is -2.36. The molecule has 1 fully saturated rings. The number of nitrogens with zero attached hydrogens (tertiary/aromatic N) is 2. The minimum atomic E-state index is -0.566. The van der Waals surface area contributed by atoms with E-state index in [0.29, 0.717) is 6.61 Å². The fraction of sp³-hybridized carbons (Fsp3) is 0.786. The number of aliphatic hydroxyl groups excluding tert-OH is 1. The molecule has 1 aromatic rings. The van der Waals surface area contributed by atoms with Gasteiger partial charge in [-0.15, -0.1) is 0 Å². The summed E-state index contributed by atoms with van der Waals surface area (Å²) in [6.45, 7) is 2.65. The van der Waals surface area contributed by atoms with Crippen molar-refractivity contribution in [2.75, 3.05) is 6.61 Å². The van der Waals surface area contributed by atoms with Crippen LogP contribution in [0.5, 0.6) is 0 Å². The van der Waals surface area contributed by atoms with E-state index in [0.717, 1.165) is 31.2 Å². The molecule has 1 atom stereocenters. The van der Waals surface area contributed by atoms with Crippen LogP contribution in [0.2, 0.25) is 0 Å². The number of hydrogen-bond acceptors (Lipinski definition) is 3. The highest BCUT2D eigenvalue weighted by Crippen LogP contribution is 2.40. The molecule has 1 N–H and O–H groups in total. The Morgan fingerprint density at radius 2 is 2.06 bits per heavy atom. The molecule has 1 aliphatic rings. The van der Waals surface area contributed by atoms with Crippen LogP contribution in [0.15, 0.2) is 12.4 Å².